The molecule has 0 radical (unpaired) electrons. The largest absolute Gasteiger partial charge is 0.393 e. The van der Waals surface area contributed by atoms with Gasteiger partial charge in [-0.25, -0.2) is 4.90 Å². The molecule has 2 fully saturated rings. The Bertz CT molecular complexity index is 710. The molecule has 0 aromatic heterocycles. The Hall–Kier alpha value is -1.98. The van der Waals surface area contributed by atoms with E-state index in [1.54, 1.807) is 31.2 Å². The van der Waals surface area contributed by atoms with Crippen LogP contribution in [0.2, 0.25) is 0 Å². The Kier molecular flexibility index (Phi) is 2.52. The maximum Gasteiger partial charge on any atom is 0.241 e. The number of hydrogen-bond acceptors (Lipinski definition) is 4. The minimum atomic E-state index is -1.06. The zero-order valence-electron chi connectivity index (χ0n) is 12.4. The summed E-state index contributed by atoms with van der Waals surface area (Å²) >= 11 is 0. The van der Waals surface area contributed by atoms with Gasteiger partial charge in [0.15, 0.2) is 0 Å². The van der Waals surface area contributed by atoms with Crippen molar-refractivity contribution >= 4 is 17.5 Å². The fourth-order valence-electron chi connectivity index (χ4n) is 3.99. The standard InChI is InChI=1S/C17H17NO4/c1-10-3-5-11(6-4-10)18-14(20)12-13(15(18)21)17(9-19)8-7-16(12,2)22-17/h3-8,12-13,19H,9H2,1-2H3. The van der Waals surface area contributed by atoms with Crippen molar-refractivity contribution in [2.75, 3.05) is 11.5 Å². The molecular formula is C17H17NO4. The lowest BCUT2D eigenvalue weighted by atomic mass is 9.73. The monoisotopic (exact) mass is 299 g/mol. The summed E-state index contributed by atoms with van der Waals surface area (Å²) in [6.45, 7) is 3.45. The fraction of sp³-hybridized carbons (Fsp3) is 0.412. The zero-order valence-corrected chi connectivity index (χ0v) is 12.4. The molecule has 5 nitrogen and oxygen atoms in total. The molecule has 0 aliphatic carbocycles. The number of rotatable bonds is 2. The van der Waals surface area contributed by atoms with Crippen LogP contribution in [0.5, 0.6) is 0 Å². The van der Waals surface area contributed by atoms with Crippen LogP contribution >= 0.6 is 0 Å². The molecule has 5 heteroatoms. The molecule has 114 valence electrons. The molecule has 2 saturated heterocycles. The van der Waals surface area contributed by atoms with Gasteiger partial charge in [-0.3, -0.25) is 9.59 Å². The summed E-state index contributed by atoms with van der Waals surface area (Å²) in [5, 5.41) is 9.74. The lowest BCUT2D eigenvalue weighted by molar-refractivity contribution is -0.131. The Labute approximate surface area is 128 Å². The summed E-state index contributed by atoms with van der Waals surface area (Å²) in [5.74, 6) is -1.76. The van der Waals surface area contributed by atoms with Crippen LogP contribution in [0, 0.1) is 18.8 Å². The van der Waals surface area contributed by atoms with Gasteiger partial charge in [-0.1, -0.05) is 29.8 Å². The number of carbonyl (C=O) groups is 2. The number of benzene rings is 1. The number of anilines is 1. The molecule has 2 bridgehead atoms. The quantitative estimate of drug-likeness (QED) is 0.658. The number of nitrogens with zero attached hydrogens (tertiary/aromatic N) is 1. The van der Waals surface area contributed by atoms with Crippen molar-refractivity contribution in [2.24, 2.45) is 11.8 Å². The Morgan fingerprint density at radius 1 is 1.14 bits per heavy atom. The van der Waals surface area contributed by atoms with Crippen molar-refractivity contribution in [3.05, 3.63) is 42.0 Å². The molecule has 3 aliphatic rings. The van der Waals surface area contributed by atoms with Crippen LogP contribution in [-0.2, 0) is 14.3 Å². The van der Waals surface area contributed by atoms with Gasteiger partial charge in [0.05, 0.1) is 29.7 Å². The average Bonchev–Trinajstić information content (AvgIpc) is 3.07. The van der Waals surface area contributed by atoms with Crippen LogP contribution in [0.15, 0.2) is 36.4 Å². The molecule has 0 spiro atoms. The van der Waals surface area contributed by atoms with E-state index in [-0.39, 0.29) is 18.4 Å². The number of ether oxygens (including phenoxy) is 1. The van der Waals surface area contributed by atoms with Gasteiger partial charge in [-0.15, -0.1) is 0 Å². The maximum absolute atomic E-state index is 12.9. The van der Waals surface area contributed by atoms with Crippen molar-refractivity contribution in [2.45, 2.75) is 25.0 Å². The number of aliphatic hydroxyl groups is 1. The van der Waals surface area contributed by atoms with Gasteiger partial charge in [-0.05, 0) is 26.0 Å². The number of amides is 2. The number of aryl methyl sites for hydroxylation is 1. The minimum Gasteiger partial charge on any atom is -0.393 e. The highest BCUT2D eigenvalue weighted by Gasteiger charge is 2.72. The van der Waals surface area contributed by atoms with Gasteiger partial charge < -0.3 is 9.84 Å². The van der Waals surface area contributed by atoms with Gasteiger partial charge >= 0.3 is 0 Å². The van der Waals surface area contributed by atoms with E-state index in [1.165, 1.54) is 4.90 Å². The normalized spacial score (nSPS) is 39.0. The Morgan fingerprint density at radius 3 is 2.41 bits per heavy atom. The first kappa shape index (κ1) is 13.7. The molecular weight excluding hydrogens is 282 g/mol. The van der Waals surface area contributed by atoms with E-state index >= 15 is 0 Å². The Balaban J connectivity index is 1.80. The van der Waals surface area contributed by atoms with Crippen molar-refractivity contribution in [3.63, 3.8) is 0 Å². The molecule has 4 atom stereocenters. The molecule has 4 unspecified atom stereocenters. The molecule has 3 aliphatic heterocycles. The van der Waals surface area contributed by atoms with Crippen LogP contribution in [0.25, 0.3) is 0 Å². The molecule has 0 saturated carbocycles. The third kappa shape index (κ3) is 1.45. The van der Waals surface area contributed by atoms with Crippen molar-refractivity contribution in [3.8, 4) is 0 Å². The van der Waals surface area contributed by atoms with Gasteiger partial charge in [-0.2, -0.15) is 0 Å². The van der Waals surface area contributed by atoms with Crippen LogP contribution in [0.1, 0.15) is 12.5 Å². The van der Waals surface area contributed by atoms with E-state index < -0.39 is 23.0 Å². The predicted octanol–water partition coefficient (Wildman–Crippen LogP) is 1.19. The lowest BCUT2D eigenvalue weighted by Gasteiger charge is -2.26. The summed E-state index contributed by atoms with van der Waals surface area (Å²) in [4.78, 5) is 26.9. The SMILES string of the molecule is Cc1ccc(N2C(=O)C3C(C2=O)C2(CO)C=CC3(C)O2)cc1. The topological polar surface area (TPSA) is 66.8 Å². The average molecular weight is 299 g/mol. The van der Waals surface area contributed by atoms with E-state index in [4.69, 9.17) is 4.74 Å². The first-order valence-electron chi connectivity index (χ1n) is 7.38. The highest BCUT2D eigenvalue weighted by Crippen LogP contribution is 2.57. The molecule has 1 aromatic rings. The summed E-state index contributed by atoms with van der Waals surface area (Å²) in [5.41, 5.74) is -0.247. The van der Waals surface area contributed by atoms with Gasteiger partial charge in [0.1, 0.15) is 5.60 Å². The Morgan fingerprint density at radius 2 is 1.77 bits per heavy atom. The second-order valence-electron chi connectivity index (χ2n) is 6.54. The van der Waals surface area contributed by atoms with Crippen LogP contribution < -0.4 is 4.90 Å². The molecule has 1 aromatic carbocycles. The van der Waals surface area contributed by atoms with Crippen LogP contribution in [0.4, 0.5) is 5.69 Å². The van der Waals surface area contributed by atoms with E-state index in [2.05, 4.69) is 0 Å². The summed E-state index contributed by atoms with van der Waals surface area (Å²) in [6.07, 6.45) is 3.53. The number of aliphatic hydroxyl groups excluding tert-OH is 1. The summed E-state index contributed by atoms with van der Waals surface area (Å²) < 4.78 is 5.88. The second-order valence-corrected chi connectivity index (χ2v) is 6.54. The molecule has 4 rings (SSSR count). The third-order valence-electron chi connectivity index (χ3n) is 5.10. The maximum atomic E-state index is 12.9. The third-order valence-corrected chi connectivity index (χ3v) is 5.10. The second kappa shape index (κ2) is 4.06. The predicted molar refractivity (Wildman–Crippen MR) is 79.1 cm³/mol. The van der Waals surface area contributed by atoms with Gasteiger partial charge in [0, 0.05) is 0 Å². The number of fused-ring (bicyclic) bond motifs is 5. The van der Waals surface area contributed by atoms with Crippen molar-refractivity contribution in [1.29, 1.82) is 0 Å². The highest BCUT2D eigenvalue weighted by molar-refractivity contribution is 6.23. The number of imide groups is 1. The number of hydrogen-bond donors (Lipinski definition) is 1. The molecule has 3 heterocycles. The van der Waals surface area contributed by atoms with Gasteiger partial charge in [0.25, 0.3) is 0 Å². The van der Waals surface area contributed by atoms with Crippen molar-refractivity contribution < 1.29 is 19.4 Å². The first-order chi connectivity index (χ1) is 10.4. The van der Waals surface area contributed by atoms with Gasteiger partial charge in [0.2, 0.25) is 11.8 Å². The molecule has 2 amide bonds. The fourth-order valence-corrected chi connectivity index (χ4v) is 3.99. The first-order valence-corrected chi connectivity index (χ1v) is 7.38. The van der Waals surface area contributed by atoms with E-state index in [9.17, 15) is 14.7 Å². The van der Waals surface area contributed by atoms with E-state index in [0.29, 0.717) is 5.69 Å². The summed E-state index contributed by atoms with van der Waals surface area (Å²) in [7, 11) is 0. The molecule has 22 heavy (non-hydrogen) atoms. The van der Waals surface area contributed by atoms with E-state index in [0.717, 1.165) is 5.56 Å². The number of carbonyl (C=O) groups excluding carboxylic acids is 2. The lowest BCUT2D eigenvalue weighted by Crippen LogP contribution is -2.43. The minimum absolute atomic E-state index is 0.249. The van der Waals surface area contributed by atoms with E-state index in [1.807, 2.05) is 19.1 Å². The van der Waals surface area contributed by atoms with Crippen LogP contribution in [-0.4, -0.2) is 34.7 Å². The molecule has 1 N–H and O–H groups in total. The zero-order chi connectivity index (χ0) is 15.7. The van der Waals surface area contributed by atoms with Crippen LogP contribution in [0.3, 0.4) is 0 Å². The van der Waals surface area contributed by atoms with Crippen molar-refractivity contribution in [1.82, 2.24) is 0 Å². The smallest absolute Gasteiger partial charge is 0.241 e. The summed E-state index contributed by atoms with van der Waals surface area (Å²) in [6, 6.07) is 7.29. The highest BCUT2D eigenvalue weighted by atomic mass is 16.5.